The minimum absolute atomic E-state index is 0.000385. The van der Waals surface area contributed by atoms with Gasteiger partial charge in [0, 0.05) is 18.8 Å². The number of aromatic nitrogens is 2. The van der Waals surface area contributed by atoms with Crippen LogP contribution in [0.4, 0.5) is 17.2 Å². The average Bonchev–Trinajstić information content (AvgIpc) is 3.60. The van der Waals surface area contributed by atoms with Crippen molar-refractivity contribution in [3.05, 3.63) is 80.1 Å². The van der Waals surface area contributed by atoms with Crippen LogP contribution in [0.5, 0.6) is 0 Å². The van der Waals surface area contributed by atoms with Crippen LogP contribution in [-0.2, 0) is 73.8 Å². The summed E-state index contributed by atoms with van der Waals surface area (Å²) >= 11 is 0. The number of anilines is 2. The van der Waals surface area contributed by atoms with E-state index in [4.69, 9.17) is 29.0 Å². The lowest BCUT2D eigenvalue weighted by molar-refractivity contribution is -0.283. The largest absolute Gasteiger partial charge is 0.465 e. The number of nitrogens with one attached hydrogen (secondary N) is 3. The molecular formula is C33H40N6O16S2. The maximum absolute atomic E-state index is 14.0. The quantitative estimate of drug-likeness (QED) is 0.0355. The molecule has 4 rings (SSSR count). The van der Waals surface area contributed by atoms with Gasteiger partial charge in [0.15, 0.2) is 5.84 Å². The number of amidine groups is 1. The lowest BCUT2D eigenvalue weighted by atomic mass is 10.1. The Labute approximate surface area is 325 Å². The van der Waals surface area contributed by atoms with Crippen LogP contribution in [-0.4, -0.2) is 111 Å². The maximum Gasteiger partial charge on any atom is 0.337 e. The molecule has 3 aromatic rings. The molecule has 1 saturated heterocycles. The van der Waals surface area contributed by atoms with Crippen molar-refractivity contribution in [3.8, 4) is 0 Å². The van der Waals surface area contributed by atoms with Crippen LogP contribution >= 0.6 is 0 Å². The van der Waals surface area contributed by atoms with Crippen LogP contribution in [0, 0.1) is 0 Å². The van der Waals surface area contributed by atoms with Gasteiger partial charge in [-0.05, 0) is 60.4 Å². The van der Waals surface area contributed by atoms with Gasteiger partial charge in [0.25, 0.3) is 31.7 Å². The Hall–Kier alpha value is -5.47. The first kappa shape index (κ1) is 44.2. The molecule has 24 heteroatoms. The molecule has 1 aliphatic rings. The number of hydrogen-bond acceptors (Lipinski definition) is 16. The first-order chi connectivity index (χ1) is 26.9. The second-order valence-electron chi connectivity index (χ2n) is 12.0. The highest BCUT2D eigenvalue weighted by molar-refractivity contribution is 7.86. The van der Waals surface area contributed by atoms with Crippen LogP contribution in [0.25, 0.3) is 6.08 Å². The predicted octanol–water partition coefficient (Wildman–Crippen LogP) is 1.67. The minimum Gasteiger partial charge on any atom is -0.465 e. The number of aryl methyl sites for hydroxylation is 1. The number of esters is 2. The Morgan fingerprint density at radius 2 is 1.35 bits per heavy atom. The number of hydrogen-bond donors (Lipinski definition) is 5. The van der Waals surface area contributed by atoms with E-state index in [1.807, 2.05) is 0 Å². The van der Waals surface area contributed by atoms with Gasteiger partial charge in [-0.2, -0.15) is 16.8 Å². The highest BCUT2D eigenvalue weighted by atomic mass is 32.2. The summed E-state index contributed by atoms with van der Waals surface area (Å²) < 4.78 is 74.9. The number of carbonyl (C=O) groups is 3. The van der Waals surface area contributed by atoms with Gasteiger partial charge in [-0.3, -0.25) is 38.9 Å². The number of rotatable bonds is 20. The second-order valence-corrected chi connectivity index (χ2v) is 15.1. The fourth-order valence-corrected chi connectivity index (χ4v) is 6.36. The summed E-state index contributed by atoms with van der Waals surface area (Å²) in [7, 11) is -3.88. The molecule has 0 unspecified atom stereocenters. The average molecular weight is 841 g/mol. The normalized spacial score (nSPS) is 14.6. The molecule has 1 aliphatic heterocycles. The number of aromatic amines is 1. The smallest absolute Gasteiger partial charge is 0.337 e. The van der Waals surface area contributed by atoms with Crippen LogP contribution in [0.2, 0.25) is 0 Å². The third-order valence-corrected chi connectivity index (χ3v) is 9.44. The van der Waals surface area contributed by atoms with Gasteiger partial charge in [-0.15, -0.1) is 0 Å². The van der Waals surface area contributed by atoms with E-state index in [1.165, 1.54) is 32.4 Å². The second kappa shape index (κ2) is 19.6. The molecule has 310 valence electrons. The van der Waals surface area contributed by atoms with E-state index in [0.29, 0.717) is 16.8 Å². The number of methoxy groups -OCH3 is 2. The molecule has 0 atom stereocenters. The van der Waals surface area contributed by atoms with Gasteiger partial charge in [-0.1, -0.05) is 6.07 Å². The van der Waals surface area contributed by atoms with E-state index in [9.17, 15) is 45.1 Å². The standard InChI is InChI=1S/C33H40N6O16S2/c1-50-32(42)22-14-23(33(43)51-2)16-25(15-22)35-29-27(31(41)39(37-29)8-6-10-57(47,48)49)17-26-28(36-38(30(26)40)7-5-9-56(44,45)46)34-24-12-20(18-54-52-3)11-21(13-24)19-55-53-4/h11-17,34,36H,5-10,18-19H2,1-4H3,(H,35,37)(H,44,45,46)(H,47,48,49)/b27-17-. The molecular weight excluding hydrogens is 801 g/mol. The van der Waals surface area contributed by atoms with E-state index in [2.05, 4.69) is 20.8 Å². The number of nitrogens with zero attached hydrogens (tertiary/aromatic N) is 3. The molecule has 2 aromatic carbocycles. The Bertz CT molecular complexity index is 2260. The zero-order valence-electron chi connectivity index (χ0n) is 31.0. The van der Waals surface area contributed by atoms with Crippen molar-refractivity contribution in [1.29, 1.82) is 0 Å². The molecule has 0 radical (unpaired) electrons. The molecule has 5 N–H and O–H groups in total. The molecule has 22 nitrogen and oxygen atoms in total. The number of ether oxygens (including phenoxy) is 2. The van der Waals surface area contributed by atoms with Crippen LogP contribution in [0.15, 0.2) is 51.8 Å². The number of amides is 1. The number of benzene rings is 2. The van der Waals surface area contributed by atoms with Crippen molar-refractivity contribution < 1.29 is 69.3 Å². The first-order valence-corrected chi connectivity index (χ1v) is 19.8. The Morgan fingerprint density at radius 1 is 0.807 bits per heavy atom. The van der Waals surface area contributed by atoms with E-state index in [-0.39, 0.29) is 78.7 Å². The summed E-state index contributed by atoms with van der Waals surface area (Å²) in [5, 5.41) is 6.91. The van der Waals surface area contributed by atoms with Crippen molar-refractivity contribution in [1.82, 2.24) is 20.2 Å². The summed E-state index contributed by atoms with van der Waals surface area (Å²) in [6.45, 7) is -0.501. The van der Waals surface area contributed by atoms with Gasteiger partial charge < -0.3 is 14.8 Å². The zero-order chi connectivity index (χ0) is 41.9. The molecule has 0 spiro atoms. The molecule has 0 saturated carbocycles. The van der Waals surface area contributed by atoms with Crippen LogP contribution < -0.4 is 16.3 Å². The van der Waals surface area contributed by atoms with E-state index in [1.54, 1.807) is 18.2 Å². The monoisotopic (exact) mass is 840 g/mol. The Balaban J connectivity index is 1.91. The lowest BCUT2D eigenvalue weighted by Crippen LogP contribution is -2.37. The number of aliphatic imine (C=N–C) groups is 1. The van der Waals surface area contributed by atoms with E-state index < -0.39 is 55.1 Å². The maximum atomic E-state index is 14.0. The molecule has 1 amide bonds. The lowest BCUT2D eigenvalue weighted by Gasteiger charge is -2.14. The molecule has 1 aromatic heterocycles. The molecule has 2 heterocycles. The minimum atomic E-state index is -4.40. The topological polar surface area (TPSA) is 293 Å². The fourth-order valence-electron chi connectivity index (χ4n) is 5.37. The van der Waals surface area contributed by atoms with Gasteiger partial charge in [0.2, 0.25) is 0 Å². The molecule has 1 fully saturated rings. The highest BCUT2D eigenvalue weighted by Gasteiger charge is 2.33. The summed E-state index contributed by atoms with van der Waals surface area (Å²) in [5.74, 6) is -4.03. The molecule has 0 aliphatic carbocycles. The first-order valence-electron chi connectivity index (χ1n) is 16.6. The van der Waals surface area contributed by atoms with Crippen molar-refractivity contribution in [3.63, 3.8) is 0 Å². The SMILES string of the molecule is COOCc1cc(COOC)cc(Nc2[nH]n(CCCS(=O)(=O)O)c(=O)c2/C=C2\C(=O)N(CCCS(=O)(=O)O)NC2=Nc2cc(C(=O)OC)cc(C(=O)OC)c2)c1. The van der Waals surface area contributed by atoms with E-state index >= 15 is 0 Å². The molecule has 57 heavy (non-hydrogen) atoms. The Morgan fingerprint density at radius 3 is 1.86 bits per heavy atom. The zero-order valence-corrected chi connectivity index (χ0v) is 32.6. The number of carbonyl (C=O) groups excluding carboxylic acids is 3. The Kier molecular flexibility index (Phi) is 15.2. The predicted molar refractivity (Wildman–Crippen MR) is 199 cm³/mol. The van der Waals surface area contributed by atoms with Gasteiger partial charge in [-0.25, -0.2) is 34.1 Å². The number of H-pyrrole nitrogens is 1. The van der Waals surface area contributed by atoms with E-state index in [0.717, 1.165) is 30.0 Å². The fraction of sp³-hybridized carbons (Fsp3) is 0.364. The van der Waals surface area contributed by atoms with Crippen molar-refractivity contribution in [2.45, 2.75) is 32.6 Å². The van der Waals surface area contributed by atoms with Crippen molar-refractivity contribution in [2.75, 3.05) is 51.8 Å². The van der Waals surface area contributed by atoms with Gasteiger partial charge in [0.05, 0.1) is 67.9 Å². The summed E-state index contributed by atoms with van der Waals surface area (Å²) in [6, 6.07) is 8.76. The summed E-state index contributed by atoms with van der Waals surface area (Å²) in [5.41, 5.74) is 2.88. The van der Waals surface area contributed by atoms with Crippen LogP contribution in [0.3, 0.4) is 0 Å². The summed E-state index contributed by atoms with van der Waals surface area (Å²) in [6.07, 6.45) is 0.749. The third-order valence-electron chi connectivity index (χ3n) is 7.83. The third kappa shape index (κ3) is 12.8. The number of hydrazine groups is 1. The highest BCUT2D eigenvalue weighted by Crippen LogP contribution is 2.27. The van der Waals surface area contributed by atoms with Gasteiger partial charge in [0.1, 0.15) is 19.0 Å². The summed E-state index contributed by atoms with van der Waals surface area (Å²) in [4.78, 5) is 76.9. The van der Waals surface area contributed by atoms with Crippen molar-refractivity contribution in [2.24, 2.45) is 4.99 Å². The van der Waals surface area contributed by atoms with Crippen LogP contribution in [0.1, 0.15) is 50.2 Å². The molecule has 0 bridgehead atoms. The van der Waals surface area contributed by atoms with Crippen molar-refractivity contribution >= 4 is 67.2 Å². The van der Waals surface area contributed by atoms with Gasteiger partial charge >= 0.3 is 11.9 Å².